The van der Waals surface area contributed by atoms with Crippen LogP contribution >= 0.6 is 11.6 Å². The molecule has 2 amide bonds. The van der Waals surface area contributed by atoms with Crippen molar-refractivity contribution in [2.75, 3.05) is 44.2 Å². The number of likely N-dealkylation sites (tertiary alicyclic amines) is 1. The van der Waals surface area contributed by atoms with E-state index in [9.17, 15) is 14.0 Å². The van der Waals surface area contributed by atoms with Gasteiger partial charge in [0.25, 0.3) is 5.91 Å². The third kappa shape index (κ3) is 4.59. The van der Waals surface area contributed by atoms with Gasteiger partial charge in [-0.1, -0.05) is 17.7 Å². The summed E-state index contributed by atoms with van der Waals surface area (Å²) in [5.74, 6) is -0.563. The van der Waals surface area contributed by atoms with Crippen molar-refractivity contribution in [3.8, 4) is 0 Å². The number of rotatable bonds is 3. The van der Waals surface area contributed by atoms with E-state index in [0.29, 0.717) is 36.8 Å². The van der Waals surface area contributed by atoms with E-state index in [1.807, 2.05) is 29.2 Å². The maximum atomic E-state index is 13.1. The maximum Gasteiger partial charge on any atom is 0.253 e. The number of piperazine rings is 1. The summed E-state index contributed by atoms with van der Waals surface area (Å²) in [7, 11) is 0. The first kappa shape index (κ1) is 20.7. The molecule has 2 aliphatic rings. The van der Waals surface area contributed by atoms with Crippen LogP contribution in [-0.2, 0) is 4.79 Å². The molecule has 0 spiro atoms. The van der Waals surface area contributed by atoms with Gasteiger partial charge in [-0.15, -0.1) is 0 Å². The highest BCUT2D eigenvalue weighted by atomic mass is 35.5. The van der Waals surface area contributed by atoms with Gasteiger partial charge in [-0.05, 0) is 55.3 Å². The Morgan fingerprint density at radius 2 is 1.67 bits per heavy atom. The molecule has 2 aromatic rings. The van der Waals surface area contributed by atoms with Gasteiger partial charge in [0.1, 0.15) is 5.82 Å². The Hall–Kier alpha value is -2.60. The molecule has 30 heavy (non-hydrogen) atoms. The Morgan fingerprint density at radius 3 is 2.37 bits per heavy atom. The molecule has 2 heterocycles. The molecule has 0 saturated carbocycles. The number of carbonyl (C=O) groups excluding carboxylic acids is 2. The van der Waals surface area contributed by atoms with E-state index < -0.39 is 0 Å². The highest BCUT2D eigenvalue weighted by molar-refractivity contribution is 6.30. The fourth-order valence-electron chi connectivity index (χ4n) is 4.25. The summed E-state index contributed by atoms with van der Waals surface area (Å²) >= 11 is 6.09. The van der Waals surface area contributed by atoms with Gasteiger partial charge >= 0.3 is 0 Å². The molecule has 0 bridgehead atoms. The van der Waals surface area contributed by atoms with Gasteiger partial charge in [-0.3, -0.25) is 9.59 Å². The molecule has 1 atom stereocenters. The Kier molecular flexibility index (Phi) is 6.23. The van der Waals surface area contributed by atoms with Gasteiger partial charge in [-0.2, -0.15) is 0 Å². The fraction of sp³-hybridized carbons (Fsp3) is 0.391. The number of benzene rings is 2. The minimum Gasteiger partial charge on any atom is -0.368 e. The summed E-state index contributed by atoms with van der Waals surface area (Å²) in [6.45, 7) is 3.89. The maximum absolute atomic E-state index is 13.1. The van der Waals surface area contributed by atoms with E-state index in [4.69, 9.17) is 11.6 Å². The van der Waals surface area contributed by atoms with Gasteiger partial charge in [0.15, 0.2) is 0 Å². The third-order valence-electron chi connectivity index (χ3n) is 5.91. The molecule has 4 rings (SSSR count). The summed E-state index contributed by atoms with van der Waals surface area (Å²) in [5.41, 5.74) is 1.53. The van der Waals surface area contributed by atoms with Crippen LogP contribution in [0.4, 0.5) is 10.1 Å². The van der Waals surface area contributed by atoms with Crippen molar-refractivity contribution in [3.05, 3.63) is 64.9 Å². The van der Waals surface area contributed by atoms with E-state index in [-0.39, 0.29) is 23.5 Å². The second-order valence-corrected chi connectivity index (χ2v) is 8.33. The van der Waals surface area contributed by atoms with E-state index in [0.717, 1.165) is 31.6 Å². The fourth-order valence-corrected chi connectivity index (χ4v) is 4.44. The number of halogens is 2. The highest BCUT2D eigenvalue weighted by Gasteiger charge is 2.33. The molecule has 0 aromatic heterocycles. The monoisotopic (exact) mass is 429 g/mol. The van der Waals surface area contributed by atoms with Crippen LogP contribution in [0.25, 0.3) is 0 Å². The zero-order chi connectivity index (χ0) is 21.1. The van der Waals surface area contributed by atoms with E-state index >= 15 is 0 Å². The van der Waals surface area contributed by atoms with Crippen LogP contribution in [0.1, 0.15) is 23.2 Å². The molecule has 0 unspecified atom stereocenters. The van der Waals surface area contributed by atoms with Crippen molar-refractivity contribution in [1.82, 2.24) is 9.80 Å². The first-order valence-corrected chi connectivity index (χ1v) is 10.7. The number of piperidine rings is 1. The summed E-state index contributed by atoms with van der Waals surface area (Å²) < 4.78 is 13.1. The van der Waals surface area contributed by atoms with E-state index in [2.05, 4.69) is 4.90 Å². The molecule has 2 aliphatic heterocycles. The van der Waals surface area contributed by atoms with E-state index in [1.165, 1.54) is 24.3 Å². The molecule has 0 N–H and O–H groups in total. The van der Waals surface area contributed by atoms with Crippen molar-refractivity contribution in [3.63, 3.8) is 0 Å². The largest absolute Gasteiger partial charge is 0.368 e. The Bertz CT molecular complexity index is 913. The van der Waals surface area contributed by atoms with Crippen molar-refractivity contribution in [2.24, 2.45) is 5.92 Å². The first-order valence-electron chi connectivity index (χ1n) is 10.4. The van der Waals surface area contributed by atoms with Crippen LogP contribution in [0.5, 0.6) is 0 Å². The summed E-state index contributed by atoms with van der Waals surface area (Å²) in [4.78, 5) is 31.7. The lowest BCUT2D eigenvalue weighted by molar-refractivity contribution is -0.137. The average molecular weight is 430 g/mol. The normalized spacial score (nSPS) is 19.7. The molecule has 2 fully saturated rings. The van der Waals surface area contributed by atoms with Gasteiger partial charge in [0, 0.05) is 55.5 Å². The molecular formula is C23H25ClFN3O2. The van der Waals surface area contributed by atoms with Crippen molar-refractivity contribution in [1.29, 1.82) is 0 Å². The summed E-state index contributed by atoms with van der Waals surface area (Å²) in [5, 5.41) is 0.708. The van der Waals surface area contributed by atoms with E-state index in [1.54, 1.807) is 4.90 Å². The summed E-state index contributed by atoms with van der Waals surface area (Å²) in [6.07, 6.45) is 1.59. The molecule has 2 saturated heterocycles. The minimum atomic E-state index is -0.366. The number of hydrogen-bond donors (Lipinski definition) is 0. The molecule has 0 radical (unpaired) electrons. The van der Waals surface area contributed by atoms with Crippen molar-refractivity contribution < 1.29 is 14.0 Å². The highest BCUT2D eigenvalue weighted by Crippen LogP contribution is 2.24. The number of amides is 2. The zero-order valence-corrected chi connectivity index (χ0v) is 17.5. The van der Waals surface area contributed by atoms with Crippen LogP contribution in [0, 0.1) is 11.7 Å². The Labute approximate surface area is 181 Å². The van der Waals surface area contributed by atoms with Crippen LogP contribution in [0.3, 0.4) is 0 Å². The molecule has 2 aromatic carbocycles. The Balaban J connectivity index is 1.34. The van der Waals surface area contributed by atoms with Crippen LogP contribution in [0.2, 0.25) is 5.02 Å². The lowest BCUT2D eigenvalue weighted by Gasteiger charge is -2.39. The lowest BCUT2D eigenvalue weighted by atomic mass is 9.95. The Morgan fingerprint density at radius 1 is 0.933 bits per heavy atom. The van der Waals surface area contributed by atoms with Crippen LogP contribution < -0.4 is 4.90 Å². The number of carbonyl (C=O) groups is 2. The molecule has 158 valence electrons. The van der Waals surface area contributed by atoms with Gasteiger partial charge in [-0.25, -0.2) is 4.39 Å². The minimum absolute atomic E-state index is 0.123. The van der Waals surface area contributed by atoms with Crippen molar-refractivity contribution in [2.45, 2.75) is 12.8 Å². The van der Waals surface area contributed by atoms with Crippen LogP contribution in [-0.4, -0.2) is 60.9 Å². The lowest BCUT2D eigenvalue weighted by Crippen LogP contribution is -2.53. The van der Waals surface area contributed by atoms with Gasteiger partial charge < -0.3 is 14.7 Å². The topological polar surface area (TPSA) is 43.9 Å². The van der Waals surface area contributed by atoms with Crippen molar-refractivity contribution >= 4 is 29.1 Å². The first-order chi connectivity index (χ1) is 14.5. The number of anilines is 1. The van der Waals surface area contributed by atoms with Gasteiger partial charge in [0.05, 0.1) is 5.92 Å². The second kappa shape index (κ2) is 9.04. The SMILES string of the molecule is O=C(c1ccc(F)cc1)N1CCC[C@@H](C(=O)N2CCN(c3cccc(Cl)c3)CC2)C1. The number of hydrogen-bond acceptors (Lipinski definition) is 3. The molecule has 5 nitrogen and oxygen atoms in total. The third-order valence-corrected chi connectivity index (χ3v) is 6.15. The number of nitrogens with zero attached hydrogens (tertiary/aromatic N) is 3. The van der Waals surface area contributed by atoms with Gasteiger partial charge in [0.2, 0.25) is 5.91 Å². The average Bonchev–Trinajstić information content (AvgIpc) is 2.79. The zero-order valence-electron chi connectivity index (χ0n) is 16.8. The summed E-state index contributed by atoms with van der Waals surface area (Å²) in [6, 6.07) is 13.3. The predicted molar refractivity (Wildman–Crippen MR) is 115 cm³/mol. The smallest absolute Gasteiger partial charge is 0.253 e. The molecule has 7 heteroatoms. The quantitative estimate of drug-likeness (QED) is 0.747. The second-order valence-electron chi connectivity index (χ2n) is 7.89. The molecule has 0 aliphatic carbocycles. The standard InChI is InChI=1S/C23H25ClFN3O2/c24-19-4-1-5-21(15-19)26-11-13-27(14-12-26)23(30)18-3-2-10-28(16-18)22(29)17-6-8-20(25)9-7-17/h1,4-9,15,18H,2-3,10-14,16H2/t18-/m1/s1. The molecular weight excluding hydrogens is 405 g/mol. The predicted octanol–water partition coefficient (Wildman–Crippen LogP) is 3.68. The van der Waals surface area contributed by atoms with Crippen LogP contribution in [0.15, 0.2) is 48.5 Å².